The Labute approximate surface area is 180 Å². The molecular formula is C23H12F5NOS. The normalized spacial score (nSPS) is 10.6. The lowest BCUT2D eigenvalue weighted by Gasteiger charge is -2.09. The van der Waals surface area contributed by atoms with Crippen LogP contribution in [0.15, 0.2) is 59.6 Å². The van der Waals surface area contributed by atoms with Gasteiger partial charge in [0.15, 0.2) is 5.82 Å². The van der Waals surface area contributed by atoms with Crippen molar-refractivity contribution in [1.29, 1.82) is 0 Å². The molecule has 0 saturated carbocycles. The molecule has 0 radical (unpaired) electrons. The fourth-order valence-corrected chi connectivity index (χ4v) is 2.87. The highest BCUT2D eigenvalue weighted by atomic mass is 32.1. The summed E-state index contributed by atoms with van der Waals surface area (Å²) in [5, 5.41) is 2.11. The van der Waals surface area contributed by atoms with Crippen LogP contribution in [-0.2, 0) is 0 Å². The van der Waals surface area contributed by atoms with Crippen molar-refractivity contribution in [2.24, 2.45) is 4.99 Å². The number of aliphatic imine (C=N–C) groups is 1. The summed E-state index contributed by atoms with van der Waals surface area (Å²) >= 11 is 4.48. The minimum absolute atomic E-state index is 0.0720. The highest BCUT2D eigenvalue weighted by Gasteiger charge is 2.30. The molecule has 0 heterocycles. The van der Waals surface area contributed by atoms with Gasteiger partial charge in [0.05, 0.1) is 10.7 Å². The fourth-order valence-electron chi connectivity index (χ4n) is 2.78. The Hall–Kier alpha value is -3.53. The van der Waals surface area contributed by atoms with Crippen molar-refractivity contribution < 1.29 is 26.7 Å². The third-order valence-corrected chi connectivity index (χ3v) is 4.23. The molecule has 0 aliphatic heterocycles. The van der Waals surface area contributed by atoms with Crippen LogP contribution in [0.4, 0.5) is 27.6 Å². The zero-order valence-corrected chi connectivity index (χ0v) is 16.7. The van der Waals surface area contributed by atoms with Crippen molar-refractivity contribution in [3.05, 3.63) is 82.9 Å². The lowest BCUT2D eigenvalue weighted by atomic mass is 10.0. The van der Waals surface area contributed by atoms with Crippen molar-refractivity contribution in [3.8, 4) is 28.7 Å². The van der Waals surface area contributed by atoms with E-state index in [1.54, 1.807) is 19.1 Å². The Balaban J connectivity index is 1.83. The van der Waals surface area contributed by atoms with E-state index in [1.165, 1.54) is 30.3 Å². The van der Waals surface area contributed by atoms with Gasteiger partial charge in [-0.15, -0.1) is 13.2 Å². The Morgan fingerprint density at radius 3 is 2.13 bits per heavy atom. The van der Waals surface area contributed by atoms with Crippen LogP contribution >= 0.6 is 12.2 Å². The van der Waals surface area contributed by atoms with E-state index in [0.717, 1.165) is 12.1 Å². The van der Waals surface area contributed by atoms with Crippen LogP contribution in [0, 0.1) is 30.4 Å². The van der Waals surface area contributed by atoms with Crippen molar-refractivity contribution in [2.75, 3.05) is 0 Å². The molecule has 3 rings (SSSR count). The lowest BCUT2D eigenvalue weighted by Crippen LogP contribution is -2.16. The van der Waals surface area contributed by atoms with Crippen LogP contribution in [0.25, 0.3) is 11.1 Å². The second-order valence-electron chi connectivity index (χ2n) is 6.34. The second-order valence-corrected chi connectivity index (χ2v) is 6.53. The molecule has 0 saturated heterocycles. The number of rotatable bonds is 3. The number of hydrogen-bond donors (Lipinski definition) is 0. The summed E-state index contributed by atoms with van der Waals surface area (Å²) in [6.07, 6.45) is -4.78. The van der Waals surface area contributed by atoms with Gasteiger partial charge in [0.2, 0.25) is 0 Å². The van der Waals surface area contributed by atoms with Crippen molar-refractivity contribution >= 4 is 23.1 Å². The molecule has 0 aromatic heterocycles. The predicted molar refractivity (Wildman–Crippen MR) is 110 cm³/mol. The van der Waals surface area contributed by atoms with Crippen molar-refractivity contribution in [2.45, 2.75) is 13.3 Å². The van der Waals surface area contributed by atoms with E-state index in [1.807, 2.05) is 0 Å². The first-order chi connectivity index (χ1) is 14.7. The molecule has 0 spiro atoms. The molecule has 156 valence electrons. The number of thiocarbonyl (C=S) groups is 1. The number of ether oxygens (including phenoxy) is 1. The monoisotopic (exact) mass is 445 g/mol. The number of isothiocyanates is 1. The molecule has 0 unspecified atom stereocenters. The van der Waals surface area contributed by atoms with Crippen LogP contribution < -0.4 is 4.74 Å². The van der Waals surface area contributed by atoms with Crippen LogP contribution in [0.2, 0.25) is 0 Å². The summed E-state index contributed by atoms with van der Waals surface area (Å²) in [5.74, 6) is 3.73. The van der Waals surface area contributed by atoms with Gasteiger partial charge in [0.1, 0.15) is 17.3 Å². The van der Waals surface area contributed by atoms with E-state index in [4.69, 9.17) is 0 Å². The Morgan fingerprint density at radius 1 is 0.871 bits per heavy atom. The molecule has 0 atom stereocenters. The SMILES string of the molecule is Cc1cc(C#Cc2ccc(-c3ccc(OC(F)(F)F)cc3)cc2F)cc(F)c1N=C=S. The maximum Gasteiger partial charge on any atom is 0.573 e. The van der Waals surface area contributed by atoms with Crippen LogP contribution in [0.1, 0.15) is 16.7 Å². The first kappa shape index (κ1) is 22.2. The predicted octanol–water partition coefficient (Wildman–Crippen LogP) is 6.97. The Kier molecular flexibility index (Phi) is 6.50. The van der Waals surface area contributed by atoms with E-state index in [-0.39, 0.29) is 17.0 Å². The fraction of sp³-hybridized carbons (Fsp3) is 0.0870. The summed E-state index contributed by atoms with van der Waals surface area (Å²) in [6, 6.07) is 12.1. The molecule has 0 bridgehead atoms. The van der Waals surface area contributed by atoms with Gasteiger partial charge in [0.25, 0.3) is 0 Å². The summed E-state index contributed by atoms with van der Waals surface area (Å²) in [5.41, 5.74) is 1.95. The highest BCUT2D eigenvalue weighted by molar-refractivity contribution is 7.78. The zero-order chi connectivity index (χ0) is 22.6. The molecule has 0 N–H and O–H groups in total. The van der Waals surface area contributed by atoms with E-state index in [9.17, 15) is 22.0 Å². The molecule has 0 fully saturated rings. The third-order valence-electron chi connectivity index (χ3n) is 4.14. The largest absolute Gasteiger partial charge is 0.573 e. The van der Waals surface area contributed by atoms with Gasteiger partial charge in [0, 0.05) is 5.56 Å². The number of alkyl halides is 3. The van der Waals surface area contributed by atoms with Gasteiger partial charge in [-0.05, 0) is 72.2 Å². The average molecular weight is 445 g/mol. The molecule has 0 aliphatic carbocycles. The van der Waals surface area contributed by atoms with Gasteiger partial charge < -0.3 is 4.74 Å². The van der Waals surface area contributed by atoms with Gasteiger partial charge in [-0.25, -0.2) is 8.78 Å². The van der Waals surface area contributed by atoms with Crippen molar-refractivity contribution in [1.82, 2.24) is 0 Å². The Bertz CT molecular complexity index is 1210. The topological polar surface area (TPSA) is 21.6 Å². The standard InChI is InChI=1S/C23H12F5NOS/c1-14-10-15(11-21(25)22(14)29-13-31)2-3-17-4-5-18(12-20(17)24)16-6-8-19(9-7-16)30-23(26,27)28/h4-12H,1H3. The minimum Gasteiger partial charge on any atom is -0.406 e. The molecule has 2 nitrogen and oxygen atoms in total. The molecular weight excluding hydrogens is 433 g/mol. The summed E-state index contributed by atoms with van der Waals surface area (Å²) in [7, 11) is 0. The first-order valence-electron chi connectivity index (χ1n) is 8.72. The van der Waals surface area contributed by atoms with E-state index in [2.05, 4.69) is 38.9 Å². The average Bonchev–Trinajstić information content (AvgIpc) is 2.69. The smallest absolute Gasteiger partial charge is 0.406 e. The number of aryl methyl sites for hydroxylation is 1. The maximum atomic E-state index is 14.5. The van der Waals surface area contributed by atoms with E-state index < -0.39 is 18.0 Å². The minimum atomic E-state index is -4.78. The Morgan fingerprint density at radius 2 is 1.55 bits per heavy atom. The molecule has 3 aromatic carbocycles. The van der Waals surface area contributed by atoms with E-state index >= 15 is 0 Å². The quantitative estimate of drug-likeness (QED) is 0.188. The van der Waals surface area contributed by atoms with E-state index in [0.29, 0.717) is 22.3 Å². The highest BCUT2D eigenvalue weighted by Crippen LogP contribution is 2.28. The first-order valence-corrected chi connectivity index (χ1v) is 9.13. The van der Waals surface area contributed by atoms with Gasteiger partial charge in [-0.2, -0.15) is 4.99 Å². The van der Waals surface area contributed by atoms with Gasteiger partial charge in [-0.3, -0.25) is 0 Å². The summed E-state index contributed by atoms with van der Waals surface area (Å²) in [4.78, 5) is 3.66. The third kappa shape index (κ3) is 5.76. The number of hydrogen-bond acceptors (Lipinski definition) is 3. The van der Waals surface area contributed by atoms with Crippen LogP contribution in [0.3, 0.4) is 0 Å². The summed E-state index contributed by atoms with van der Waals surface area (Å²) < 4.78 is 69.1. The number of benzene rings is 3. The molecule has 8 heteroatoms. The van der Waals surface area contributed by atoms with Crippen LogP contribution in [-0.4, -0.2) is 11.5 Å². The number of nitrogens with zero attached hydrogens (tertiary/aromatic N) is 1. The molecule has 31 heavy (non-hydrogen) atoms. The lowest BCUT2D eigenvalue weighted by molar-refractivity contribution is -0.274. The molecule has 0 aliphatic rings. The summed E-state index contributed by atoms with van der Waals surface area (Å²) in [6.45, 7) is 1.64. The van der Waals surface area contributed by atoms with Gasteiger partial charge >= 0.3 is 6.36 Å². The van der Waals surface area contributed by atoms with Crippen molar-refractivity contribution in [3.63, 3.8) is 0 Å². The van der Waals surface area contributed by atoms with Crippen LogP contribution in [0.5, 0.6) is 5.75 Å². The number of halogens is 5. The van der Waals surface area contributed by atoms with Gasteiger partial charge in [-0.1, -0.05) is 30.0 Å². The molecule has 0 amide bonds. The zero-order valence-electron chi connectivity index (χ0n) is 15.8. The maximum absolute atomic E-state index is 14.5. The second kappa shape index (κ2) is 9.09. The molecule has 3 aromatic rings.